The number of sulfonamides is 1. The van der Waals surface area contributed by atoms with Crippen LogP contribution in [-0.4, -0.2) is 19.6 Å². The Morgan fingerprint density at radius 1 is 1.00 bits per heavy atom. The zero-order valence-corrected chi connectivity index (χ0v) is 18.1. The van der Waals surface area contributed by atoms with Gasteiger partial charge in [0.05, 0.1) is 16.0 Å². The molecule has 0 bridgehead atoms. The first-order valence-electron chi connectivity index (χ1n) is 8.91. The zero-order valence-electron chi connectivity index (χ0n) is 15.7. The maximum absolute atomic E-state index is 12.5. The number of hydrazone groups is 1. The number of benzene rings is 3. The fourth-order valence-corrected chi connectivity index (χ4v) is 4.32. The van der Waals surface area contributed by atoms with Crippen molar-refractivity contribution in [3.05, 3.63) is 93.1 Å². The monoisotopic (exact) mass is 499 g/mol. The maximum atomic E-state index is 12.5. The van der Waals surface area contributed by atoms with Crippen LogP contribution in [0.4, 0.5) is 5.69 Å². The first-order chi connectivity index (χ1) is 14.8. The van der Waals surface area contributed by atoms with E-state index >= 15 is 0 Å². The third-order valence-electron chi connectivity index (χ3n) is 4.45. The predicted molar refractivity (Wildman–Crippen MR) is 120 cm³/mol. The minimum absolute atomic E-state index is 0.0490. The first-order valence-corrected chi connectivity index (χ1v) is 11.2. The highest BCUT2D eigenvalue weighted by Gasteiger charge is 2.14. The molecule has 0 amide bonds. The van der Waals surface area contributed by atoms with E-state index in [2.05, 4.69) is 25.9 Å². The number of nitro groups is 1. The quantitative estimate of drug-likeness (QED) is 0.225. The van der Waals surface area contributed by atoms with Crippen molar-refractivity contribution in [2.75, 3.05) is 0 Å². The molecule has 0 radical (unpaired) electrons. The SMILES string of the molecule is O=[N+]([O-])c1ccc(-c2ccc(/C=N\NS(=O)(=O)c3ccc4ccccc4c3)o2)c(Br)c1. The van der Waals surface area contributed by atoms with Crippen LogP contribution in [0.25, 0.3) is 22.1 Å². The van der Waals surface area contributed by atoms with Crippen LogP contribution in [-0.2, 0) is 10.0 Å². The summed E-state index contributed by atoms with van der Waals surface area (Å²) in [6.45, 7) is 0. The van der Waals surface area contributed by atoms with Gasteiger partial charge in [0.2, 0.25) is 0 Å². The van der Waals surface area contributed by atoms with Crippen LogP contribution < -0.4 is 4.83 Å². The van der Waals surface area contributed by atoms with Gasteiger partial charge < -0.3 is 4.42 Å². The maximum Gasteiger partial charge on any atom is 0.276 e. The molecule has 0 aliphatic rings. The summed E-state index contributed by atoms with van der Waals surface area (Å²) in [5, 5.41) is 16.4. The second-order valence-corrected chi connectivity index (χ2v) is 9.00. The van der Waals surface area contributed by atoms with Crippen molar-refractivity contribution in [2.45, 2.75) is 4.90 Å². The lowest BCUT2D eigenvalue weighted by atomic mass is 10.1. The molecular weight excluding hydrogens is 486 g/mol. The van der Waals surface area contributed by atoms with Gasteiger partial charge in [0.25, 0.3) is 15.7 Å². The average Bonchev–Trinajstić information content (AvgIpc) is 3.21. The van der Waals surface area contributed by atoms with Gasteiger partial charge >= 0.3 is 0 Å². The van der Waals surface area contributed by atoms with E-state index in [9.17, 15) is 18.5 Å². The number of nitrogens with zero attached hydrogens (tertiary/aromatic N) is 2. The lowest BCUT2D eigenvalue weighted by Crippen LogP contribution is -2.18. The molecule has 3 aromatic carbocycles. The predicted octanol–water partition coefficient (Wildman–Crippen LogP) is 5.08. The van der Waals surface area contributed by atoms with Gasteiger partial charge in [-0.15, -0.1) is 0 Å². The third-order valence-corrected chi connectivity index (χ3v) is 6.33. The highest BCUT2D eigenvalue weighted by atomic mass is 79.9. The van der Waals surface area contributed by atoms with Crippen LogP contribution in [0.1, 0.15) is 5.76 Å². The molecule has 10 heteroatoms. The fourth-order valence-electron chi connectivity index (χ4n) is 2.93. The number of rotatable bonds is 6. The Balaban J connectivity index is 1.50. The molecule has 8 nitrogen and oxygen atoms in total. The van der Waals surface area contributed by atoms with Gasteiger partial charge in [-0.1, -0.05) is 30.3 Å². The van der Waals surface area contributed by atoms with Gasteiger partial charge in [0.1, 0.15) is 11.5 Å². The Bertz CT molecular complexity index is 1430. The summed E-state index contributed by atoms with van der Waals surface area (Å²) in [4.78, 5) is 12.6. The van der Waals surface area contributed by atoms with E-state index in [4.69, 9.17) is 4.42 Å². The molecule has 1 aromatic heterocycles. The molecule has 0 saturated carbocycles. The number of furan rings is 1. The highest BCUT2D eigenvalue weighted by Crippen LogP contribution is 2.32. The van der Waals surface area contributed by atoms with Crippen molar-refractivity contribution in [3.63, 3.8) is 0 Å². The van der Waals surface area contributed by atoms with Gasteiger partial charge in [-0.05, 0) is 57.0 Å². The molecule has 0 fully saturated rings. The molecule has 1 N–H and O–H groups in total. The lowest BCUT2D eigenvalue weighted by molar-refractivity contribution is -0.384. The molecule has 156 valence electrons. The van der Waals surface area contributed by atoms with Gasteiger partial charge in [0.15, 0.2) is 0 Å². The lowest BCUT2D eigenvalue weighted by Gasteiger charge is -2.04. The summed E-state index contributed by atoms with van der Waals surface area (Å²) in [6, 6.07) is 19.8. The number of nitrogens with one attached hydrogen (secondary N) is 1. The smallest absolute Gasteiger partial charge is 0.276 e. The number of hydrogen-bond donors (Lipinski definition) is 1. The third kappa shape index (κ3) is 4.49. The molecule has 0 atom stereocenters. The molecule has 0 aliphatic carbocycles. The minimum Gasteiger partial charge on any atom is -0.455 e. The second-order valence-electron chi connectivity index (χ2n) is 6.49. The van der Waals surface area contributed by atoms with Crippen LogP contribution >= 0.6 is 15.9 Å². The van der Waals surface area contributed by atoms with Gasteiger partial charge in [-0.25, -0.2) is 0 Å². The van der Waals surface area contributed by atoms with Crippen LogP contribution in [0.15, 0.2) is 91.7 Å². The van der Waals surface area contributed by atoms with Crippen molar-refractivity contribution < 1.29 is 17.8 Å². The molecule has 0 saturated heterocycles. The van der Waals surface area contributed by atoms with E-state index < -0.39 is 14.9 Å². The number of halogens is 1. The van der Waals surface area contributed by atoms with Crippen molar-refractivity contribution in [3.8, 4) is 11.3 Å². The summed E-state index contributed by atoms with van der Waals surface area (Å²) in [7, 11) is -3.85. The Morgan fingerprint density at radius 3 is 2.52 bits per heavy atom. The molecule has 4 rings (SSSR count). The van der Waals surface area contributed by atoms with Crippen molar-refractivity contribution in [2.24, 2.45) is 5.10 Å². The van der Waals surface area contributed by atoms with E-state index in [0.717, 1.165) is 10.8 Å². The van der Waals surface area contributed by atoms with E-state index in [1.54, 1.807) is 30.3 Å². The summed E-state index contributed by atoms with van der Waals surface area (Å²) in [5.74, 6) is 0.752. The van der Waals surface area contributed by atoms with E-state index in [1.807, 2.05) is 24.3 Å². The van der Waals surface area contributed by atoms with Gasteiger partial charge in [0, 0.05) is 22.2 Å². The topological polar surface area (TPSA) is 115 Å². The molecule has 0 spiro atoms. The van der Waals surface area contributed by atoms with Crippen molar-refractivity contribution >= 4 is 48.6 Å². The molecule has 31 heavy (non-hydrogen) atoms. The van der Waals surface area contributed by atoms with Gasteiger partial charge in [-0.3, -0.25) is 10.1 Å². The highest BCUT2D eigenvalue weighted by molar-refractivity contribution is 9.10. The van der Waals surface area contributed by atoms with Crippen LogP contribution in [0.2, 0.25) is 0 Å². The second kappa shape index (κ2) is 8.32. The van der Waals surface area contributed by atoms with Crippen molar-refractivity contribution in [1.82, 2.24) is 4.83 Å². The minimum atomic E-state index is -3.85. The molecule has 0 unspecified atom stereocenters. The van der Waals surface area contributed by atoms with Crippen LogP contribution in [0.3, 0.4) is 0 Å². The van der Waals surface area contributed by atoms with E-state index in [-0.39, 0.29) is 10.6 Å². The Hall–Kier alpha value is -3.50. The normalized spacial score (nSPS) is 11.8. The Kier molecular flexibility index (Phi) is 5.57. The van der Waals surface area contributed by atoms with E-state index in [1.165, 1.54) is 24.4 Å². The number of nitro benzene ring substituents is 1. The number of fused-ring (bicyclic) bond motifs is 1. The van der Waals surface area contributed by atoms with Crippen LogP contribution in [0, 0.1) is 10.1 Å². The fraction of sp³-hybridized carbons (Fsp3) is 0. The largest absolute Gasteiger partial charge is 0.455 e. The number of hydrogen-bond acceptors (Lipinski definition) is 6. The van der Waals surface area contributed by atoms with E-state index in [0.29, 0.717) is 21.6 Å². The molecule has 0 aliphatic heterocycles. The zero-order chi connectivity index (χ0) is 22.0. The summed E-state index contributed by atoms with van der Waals surface area (Å²) in [5.41, 5.74) is 0.564. The molecule has 1 heterocycles. The Morgan fingerprint density at radius 2 is 1.77 bits per heavy atom. The first kappa shape index (κ1) is 20.8. The molecule has 4 aromatic rings. The standard InChI is InChI=1S/C21H14BrN3O5S/c22-20-12-16(25(26)27)6-9-19(20)21-10-7-17(30-21)13-23-24-31(28,29)18-8-5-14-3-1-2-4-15(14)11-18/h1-13,24H/b23-13-. The summed E-state index contributed by atoms with van der Waals surface area (Å²) in [6.07, 6.45) is 1.24. The number of non-ortho nitro benzene ring substituents is 1. The van der Waals surface area contributed by atoms with Gasteiger partial charge in [-0.2, -0.15) is 18.4 Å². The summed E-state index contributed by atoms with van der Waals surface area (Å²) >= 11 is 3.29. The average molecular weight is 500 g/mol. The van der Waals surface area contributed by atoms with Crippen molar-refractivity contribution in [1.29, 1.82) is 0 Å². The summed E-state index contributed by atoms with van der Waals surface area (Å²) < 4.78 is 31.2. The Labute approximate surface area is 185 Å². The van der Waals surface area contributed by atoms with Crippen LogP contribution in [0.5, 0.6) is 0 Å². The molecular formula is C21H14BrN3O5S.